The van der Waals surface area contributed by atoms with E-state index in [1.807, 2.05) is 72.5 Å². The van der Waals surface area contributed by atoms with Crippen molar-refractivity contribution in [1.29, 1.82) is 0 Å². The maximum Gasteiger partial charge on any atom is 0.360 e. The van der Waals surface area contributed by atoms with E-state index in [4.69, 9.17) is 9.47 Å². The number of nitrogens with zero attached hydrogens (tertiary/aromatic N) is 7. The molecule has 0 N–H and O–H groups in total. The van der Waals surface area contributed by atoms with Crippen molar-refractivity contribution in [2.45, 2.75) is 20.8 Å². The van der Waals surface area contributed by atoms with Gasteiger partial charge in [0.2, 0.25) is 5.95 Å². The molecule has 0 amide bonds. The first kappa shape index (κ1) is 21.9. The Morgan fingerprint density at radius 1 is 0.909 bits per heavy atom. The second-order valence-electron chi connectivity index (χ2n) is 6.81. The highest BCUT2D eigenvalue weighted by atomic mass is 16.5. The lowest BCUT2D eigenvalue weighted by Crippen LogP contribution is -2.17. The zero-order valence-electron chi connectivity index (χ0n) is 18.5. The van der Waals surface area contributed by atoms with Crippen LogP contribution in [0.15, 0.2) is 60.7 Å². The first-order valence-electron chi connectivity index (χ1n) is 10.5. The largest absolute Gasteiger partial charge is 0.464 e. The van der Waals surface area contributed by atoms with E-state index in [2.05, 4.69) is 25.3 Å². The maximum atomic E-state index is 12.2. The summed E-state index contributed by atoms with van der Waals surface area (Å²) in [4.78, 5) is 27.6. The molecule has 0 radical (unpaired) electrons. The summed E-state index contributed by atoms with van der Waals surface area (Å²) in [5.41, 5.74) is 2.25. The summed E-state index contributed by atoms with van der Waals surface area (Å²) in [6.45, 7) is 5.87. The van der Waals surface area contributed by atoms with E-state index in [0.717, 1.165) is 11.4 Å². The Balaban J connectivity index is 1.86. The van der Waals surface area contributed by atoms with Crippen LogP contribution in [0.4, 0.5) is 17.3 Å². The number of carbonyl (C=O) groups is 1. The Morgan fingerprint density at radius 3 is 2.12 bits per heavy atom. The van der Waals surface area contributed by atoms with Crippen LogP contribution in [-0.4, -0.2) is 49.1 Å². The molecule has 2 aromatic heterocycles. The highest BCUT2D eigenvalue weighted by molar-refractivity contribution is 5.88. The summed E-state index contributed by atoms with van der Waals surface area (Å²) in [7, 11) is 0. The van der Waals surface area contributed by atoms with E-state index in [0.29, 0.717) is 18.2 Å². The molecule has 0 aliphatic heterocycles. The Bertz CT molecular complexity index is 1190. The van der Waals surface area contributed by atoms with Crippen molar-refractivity contribution in [1.82, 2.24) is 29.9 Å². The molecule has 0 aliphatic carbocycles. The molecular formula is C23H23N7O3. The molecule has 0 aliphatic rings. The Hall–Kier alpha value is -4.34. The number of carbonyl (C=O) groups excluding carboxylic acids is 1. The van der Waals surface area contributed by atoms with Crippen molar-refractivity contribution in [3.05, 3.63) is 72.1 Å². The van der Waals surface area contributed by atoms with Crippen LogP contribution >= 0.6 is 0 Å². The Labute approximate surface area is 190 Å². The third kappa shape index (κ3) is 4.64. The second-order valence-corrected chi connectivity index (χ2v) is 6.81. The maximum absolute atomic E-state index is 12.2. The molecule has 2 aromatic carbocycles. The number of hydrogen-bond donors (Lipinski definition) is 0. The molecule has 168 valence electrons. The predicted molar refractivity (Wildman–Crippen MR) is 121 cm³/mol. The summed E-state index contributed by atoms with van der Waals surface area (Å²) in [6.07, 6.45) is 0. The third-order valence-electron chi connectivity index (χ3n) is 4.65. The molecule has 0 unspecified atom stereocenters. The van der Waals surface area contributed by atoms with Crippen LogP contribution in [0.5, 0.6) is 6.01 Å². The first-order chi connectivity index (χ1) is 16.1. The standard InChI is InChI=1S/C23H23N7O3/c1-4-32-20(31)19-16(3)30(28-27-19)22-24-21(25-23(26-22)33-5-2)29(17-12-8-6-9-13-17)18-14-10-7-11-15-18/h6-15H,4-5H2,1-3H3. The molecule has 0 saturated heterocycles. The topological polar surface area (TPSA) is 108 Å². The zero-order chi connectivity index (χ0) is 23.2. The van der Waals surface area contributed by atoms with E-state index < -0.39 is 5.97 Å². The highest BCUT2D eigenvalue weighted by Crippen LogP contribution is 2.32. The van der Waals surface area contributed by atoms with Crippen molar-refractivity contribution < 1.29 is 14.3 Å². The third-order valence-corrected chi connectivity index (χ3v) is 4.65. The van der Waals surface area contributed by atoms with Crippen LogP contribution in [0.3, 0.4) is 0 Å². The summed E-state index contributed by atoms with van der Waals surface area (Å²) < 4.78 is 12.0. The number of esters is 1. The van der Waals surface area contributed by atoms with Crippen LogP contribution in [-0.2, 0) is 4.74 Å². The van der Waals surface area contributed by atoms with E-state index in [1.165, 1.54) is 4.68 Å². The van der Waals surface area contributed by atoms with Crippen LogP contribution in [0.25, 0.3) is 5.95 Å². The number of benzene rings is 2. The fourth-order valence-corrected chi connectivity index (χ4v) is 3.17. The number of aromatic nitrogens is 6. The molecule has 10 nitrogen and oxygen atoms in total. The quantitative estimate of drug-likeness (QED) is 0.374. The van der Waals surface area contributed by atoms with Crippen LogP contribution in [0.1, 0.15) is 30.0 Å². The molecule has 10 heteroatoms. The fourth-order valence-electron chi connectivity index (χ4n) is 3.17. The van der Waals surface area contributed by atoms with E-state index in [-0.39, 0.29) is 24.3 Å². The molecule has 0 atom stereocenters. The van der Waals surface area contributed by atoms with Gasteiger partial charge < -0.3 is 9.47 Å². The van der Waals surface area contributed by atoms with Gasteiger partial charge in [0.25, 0.3) is 5.95 Å². The van der Waals surface area contributed by atoms with Crippen molar-refractivity contribution in [3.63, 3.8) is 0 Å². The number of ether oxygens (including phenoxy) is 2. The van der Waals surface area contributed by atoms with Crippen molar-refractivity contribution >= 4 is 23.3 Å². The zero-order valence-corrected chi connectivity index (χ0v) is 18.5. The Morgan fingerprint density at radius 2 is 1.55 bits per heavy atom. The smallest absolute Gasteiger partial charge is 0.360 e. The highest BCUT2D eigenvalue weighted by Gasteiger charge is 2.23. The molecule has 33 heavy (non-hydrogen) atoms. The lowest BCUT2D eigenvalue weighted by atomic mass is 10.2. The molecule has 0 fully saturated rings. The van der Waals surface area contributed by atoms with Gasteiger partial charge in [-0.3, -0.25) is 4.90 Å². The van der Waals surface area contributed by atoms with Crippen LogP contribution < -0.4 is 9.64 Å². The lowest BCUT2D eigenvalue weighted by molar-refractivity contribution is 0.0518. The monoisotopic (exact) mass is 445 g/mol. The van der Waals surface area contributed by atoms with Gasteiger partial charge in [-0.15, -0.1) is 5.10 Å². The van der Waals surface area contributed by atoms with Gasteiger partial charge in [-0.05, 0) is 45.0 Å². The number of anilines is 3. The fraction of sp³-hybridized carbons (Fsp3) is 0.217. The average molecular weight is 445 g/mol. The van der Waals surface area contributed by atoms with Gasteiger partial charge in [0.1, 0.15) is 0 Å². The minimum Gasteiger partial charge on any atom is -0.464 e. The minimum absolute atomic E-state index is 0.0970. The predicted octanol–water partition coefficient (Wildman–Crippen LogP) is 3.81. The average Bonchev–Trinajstić information content (AvgIpc) is 3.22. The molecule has 0 bridgehead atoms. The van der Waals surface area contributed by atoms with E-state index in [1.54, 1.807) is 13.8 Å². The van der Waals surface area contributed by atoms with Gasteiger partial charge in [-0.1, -0.05) is 41.6 Å². The summed E-state index contributed by atoms with van der Waals surface area (Å²) >= 11 is 0. The van der Waals surface area contributed by atoms with Gasteiger partial charge in [0.15, 0.2) is 5.69 Å². The van der Waals surface area contributed by atoms with Crippen LogP contribution in [0, 0.1) is 6.92 Å². The van der Waals surface area contributed by atoms with Crippen molar-refractivity contribution in [2.75, 3.05) is 18.1 Å². The Kier molecular flexibility index (Phi) is 6.53. The van der Waals surface area contributed by atoms with E-state index >= 15 is 0 Å². The van der Waals surface area contributed by atoms with Gasteiger partial charge in [0, 0.05) is 11.4 Å². The van der Waals surface area contributed by atoms with Gasteiger partial charge in [0.05, 0.1) is 18.9 Å². The number of para-hydroxylation sites is 2. The molecule has 4 aromatic rings. The first-order valence-corrected chi connectivity index (χ1v) is 10.5. The SMILES string of the molecule is CCOC(=O)c1nnn(-c2nc(OCC)nc(N(c3ccccc3)c3ccccc3)n2)c1C. The minimum atomic E-state index is -0.559. The van der Waals surface area contributed by atoms with Gasteiger partial charge in [-0.2, -0.15) is 19.6 Å². The van der Waals surface area contributed by atoms with Crippen molar-refractivity contribution in [3.8, 4) is 12.0 Å². The van der Waals surface area contributed by atoms with Crippen molar-refractivity contribution in [2.24, 2.45) is 0 Å². The lowest BCUT2D eigenvalue weighted by Gasteiger charge is -2.23. The molecule has 2 heterocycles. The summed E-state index contributed by atoms with van der Waals surface area (Å²) in [5, 5.41) is 8.04. The molecular weight excluding hydrogens is 422 g/mol. The molecule has 4 rings (SSSR count). The molecule has 0 saturated carbocycles. The summed E-state index contributed by atoms with van der Waals surface area (Å²) in [6, 6.07) is 19.6. The van der Waals surface area contributed by atoms with E-state index in [9.17, 15) is 4.79 Å². The normalized spacial score (nSPS) is 10.6. The second kappa shape index (κ2) is 9.86. The molecule has 0 spiro atoms. The number of hydrogen-bond acceptors (Lipinski definition) is 9. The van der Waals surface area contributed by atoms with Crippen LogP contribution in [0.2, 0.25) is 0 Å². The summed E-state index contributed by atoms with van der Waals surface area (Å²) in [5.74, 6) is -0.0648. The van der Waals surface area contributed by atoms with Gasteiger partial charge >= 0.3 is 12.0 Å². The number of rotatable bonds is 8. The van der Waals surface area contributed by atoms with Gasteiger partial charge in [-0.25, -0.2) is 4.79 Å².